The summed E-state index contributed by atoms with van der Waals surface area (Å²) in [7, 11) is 4.27. The van der Waals surface area contributed by atoms with E-state index in [4.69, 9.17) is 15.6 Å². The lowest BCUT2D eigenvalue weighted by Crippen LogP contribution is -2.34. The fourth-order valence-electron chi connectivity index (χ4n) is 3.84. The Hall–Kier alpha value is -2.48. The van der Waals surface area contributed by atoms with Gasteiger partial charge < -0.3 is 20.7 Å². The van der Waals surface area contributed by atoms with Crippen LogP contribution in [0.3, 0.4) is 0 Å². The van der Waals surface area contributed by atoms with E-state index in [0.717, 1.165) is 42.2 Å². The molecule has 148 valence electrons. The van der Waals surface area contributed by atoms with Gasteiger partial charge in [-0.2, -0.15) is 5.10 Å². The minimum absolute atomic E-state index is 0.381. The van der Waals surface area contributed by atoms with E-state index in [9.17, 15) is 0 Å². The average Bonchev–Trinajstić information content (AvgIpc) is 3.35. The molecule has 1 aliphatic rings. The predicted octanol–water partition coefficient (Wildman–Crippen LogP) is 1.74. The Balaban J connectivity index is 1.62. The first-order valence-corrected chi connectivity index (χ1v) is 9.82. The van der Waals surface area contributed by atoms with E-state index in [-0.39, 0.29) is 0 Å². The van der Waals surface area contributed by atoms with Crippen LogP contribution in [0.2, 0.25) is 0 Å². The van der Waals surface area contributed by atoms with E-state index in [2.05, 4.69) is 35.4 Å². The zero-order valence-electron chi connectivity index (χ0n) is 16.5. The molecule has 1 aliphatic heterocycles. The molecule has 0 amide bonds. The highest BCUT2D eigenvalue weighted by Crippen LogP contribution is 2.28. The molecule has 1 saturated heterocycles. The van der Waals surface area contributed by atoms with E-state index in [1.54, 1.807) is 0 Å². The van der Waals surface area contributed by atoms with Crippen molar-refractivity contribution >= 4 is 5.65 Å². The molecule has 0 saturated carbocycles. The fourth-order valence-corrected chi connectivity index (χ4v) is 3.84. The number of ether oxygens (including phenoxy) is 1. The number of nitrogens with two attached hydrogens (primary N) is 1. The maximum atomic E-state index is 5.69. The molecule has 2 unspecified atom stereocenters. The van der Waals surface area contributed by atoms with Crippen LogP contribution >= 0.6 is 0 Å². The lowest BCUT2D eigenvalue weighted by Gasteiger charge is -2.25. The number of hydrogen-bond donors (Lipinski definition) is 2. The molecule has 28 heavy (non-hydrogen) atoms. The van der Waals surface area contributed by atoms with Gasteiger partial charge in [-0.15, -0.1) is 0 Å². The smallest absolute Gasteiger partial charge is 0.155 e. The molecular formula is C21H28N6O. The summed E-state index contributed by atoms with van der Waals surface area (Å²) in [5.41, 5.74) is 9.55. The zero-order chi connectivity index (χ0) is 19.5. The van der Waals surface area contributed by atoms with Gasteiger partial charge in [-0.1, -0.05) is 0 Å². The minimum Gasteiger partial charge on any atom is -0.494 e. The number of benzene rings is 1. The Morgan fingerprint density at radius 3 is 2.79 bits per heavy atom. The van der Waals surface area contributed by atoms with Crippen molar-refractivity contribution in [2.45, 2.75) is 18.4 Å². The Bertz CT molecular complexity index is 920. The van der Waals surface area contributed by atoms with Crippen LogP contribution in [0.4, 0.5) is 0 Å². The Morgan fingerprint density at radius 1 is 1.21 bits per heavy atom. The second-order valence-corrected chi connectivity index (χ2v) is 7.48. The number of hydrogen-bond acceptors (Lipinski definition) is 6. The highest BCUT2D eigenvalue weighted by Gasteiger charge is 2.32. The van der Waals surface area contributed by atoms with Crippen LogP contribution in [0.5, 0.6) is 5.75 Å². The van der Waals surface area contributed by atoms with Gasteiger partial charge in [0, 0.05) is 42.9 Å². The standard InChI is InChI=1S/C21H28N6O/c1-26(2)20-14-23-13-17(20)19-8-10-24-21-12-18(25-27(19)21)15-4-6-16(7-5-15)28-11-3-9-22/h4-8,10,12,17,20,23H,3,9,11,13-14,22H2,1-2H3. The third kappa shape index (κ3) is 3.73. The lowest BCUT2D eigenvalue weighted by atomic mass is 9.98. The van der Waals surface area contributed by atoms with Gasteiger partial charge in [-0.05, 0) is 57.4 Å². The molecule has 1 fully saturated rings. The van der Waals surface area contributed by atoms with Crippen LogP contribution in [0.15, 0.2) is 42.6 Å². The molecule has 0 bridgehead atoms. The van der Waals surface area contributed by atoms with Crippen LogP contribution in [0, 0.1) is 0 Å². The molecule has 7 nitrogen and oxygen atoms in total. The molecule has 2 atom stereocenters. The highest BCUT2D eigenvalue weighted by molar-refractivity contribution is 5.65. The second kappa shape index (κ2) is 8.26. The first kappa shape index (κ1) is 18.9. The van der Waals surface area contributed by atoms with Gasteiger partial charge in [0.1, 0.15) is 5.75 Å². The van der Waals surface area contributed by atoms with Crippen molar-refractivity contribution in [1.29, 1.82) is 0 Å². The van der Waals surface area contributed by atoms with Gasteiger partial charge in [-0.3, -0.25) is 0 Å². The Morgan fingerprint density at radius 2 is 2.04 bits per heavy atom. The first-order chi connectivity index (χ1) is 13.7. The molecule has 7 heteroatoms. The summed E-state index contributed by atoms with van der Waals surface area (Å²) < 4.78 is 7.68. The predicted molar refractivity (Wildman–Crippen MR) is 111 cm³/mol. The minimum atomic E-state index is 0.381. The van der Waals surface area contributed by atoms with Gasteiger partial charge in [0.25, 0.3) is 0 Å². The molecule has 3 aromatic rings. The van der Waals surface area contributed by atoms with E-state index in [0.29, 0.717) is 25.1 Å². The molecule has 0 aliphatic carbocycles. The molecule has 4 rings (SSSR count). The summed E-state index contributed by atoms with van der Waals surface area (Å²) in [5, 5.41) is 8.38. The fraction of sp³-hybridized carbons (Fsp3) is 0.429. The van der Waals surface area contributed by atoms with Crippen LogP contribution in [-0.2, 0) is 0 Å². The van der Waals surface area contributed by atoms with Gasteiger partial charge in [0.05, 0.1) is 18.0 Å². The second-order valence-electron chi connectivity index (χ2n) is 7.48. The molecule has 1 aromatic carbocycles. The normalized spacial score (nSPS) is 19.6. The maximum Gasteiger partial charge on any atom is 0.155 e. The summed E-state index contributed by atoms with van der Waals surface area (Å²) in [6, 6.07) is 12.6. The van der Waals surface area contributed by atoms with Gasteiger partial charge >= 0.3 is 0 Å². The molecule has 0 spiro atoms. The summed E-state index contributed by atoms with van der Waals surface area (Å²) in [4.78, 5) is 6.81. The van der Waals surface area contributed by atoms with Gasteiger partial charge in [-0.25, -0.2) is 9.50 Å². The molecule has 3 heterocycles. The maximum absolute atomic E-state index is 5.69. The number of aromatic nitrogens is 3. The topological polar surface area (TPSA) is 80.7 Å². The first-order valence-electron chi connectivity index (χ1n) is 9.82. The van der Waals surface area contributed by atoms with Crippen molar-refractivity contribution in [3.63, 3.8) is 0 Å². The number of fused-ring (bicyclic) bond motifs is 1. The number of rotatable bonds is 7. The highest BCUT2D eigenvalue weighted by atomic mass is 16.5. The molecular weight excluding hydrogens is 352 g/mol. The van der Waals surface area contributed by atoms with Crippen LogP contribution in [-0.4, -0.2) is 65.9 Å². The number of nitrogens with zero attached hydrogens (tertiary/aromatic N) is 4. The van der Waals surface area contributed by atoms with Crippen molar-refractivity contribution in [2.75, 3.05) is 40.3 Å². The summed E-state index contributed by atoms with van der Waals surface area (Å²) in [6.45, 7) is 3.22. The summed E-state index contributed by atoms with van der Waals surface area (Å²) in [6.07, 6.45) is 2.74. The van der Waals surface area contributed by atoms with Gasteiger partial charge in [0.2, 0.25) is 0 Å². The Kier molecular flexibility index (Phi) is 5.57. The van der Waals surface area contributed by atoms with Crippen LogP contribution in [0.1, 0.15) is 18.0 Å². The number of nitrogens with one attached hydrogen (secondary N) is 1. The molecule has 2 aromatic heterocycles. The SMILES string of the molecule is CN(C)C1CNCC1c1ccnc2cc(-c3ccc(OCCCN)cc3)nn12. The zero-order valence-corrected chi connectivity index (χ0v) is 16.5. The molecule has 3 N–H and O–H groups in total. The largest absolute Gasteiger partial charge is 0.494 e. The monoisotopic (exact) mass is 380 g/mol. The van der Waals surface area contributed by atoms with E-state index in [1.165, 1.54) is 5.69 Å². The third-order valence-corrected chi connectivity index (χ3v) is 5.38. The third-order valence-electron chi connectivity index (χ3n) is 5.38. The summed E-state index contributed by atoms with van der Waals surface area (Å²) >= 11 is 0. The van der Waals surface area contributed by atoms with Crippen LogP contribution in [0.25, 0.3) is 16.9 Å². The Labute approximate surface area is 165 Å². The van der Waals surface area contributed by atoms with Crippen molar-refractivity contribution in [1.82, 2.24) is 24.8 Å². The van der Waals surface area contributed by atoms with Crippen molar-refractivity contribution < 1.29 is 4.74 Å². The van der Waals surface area contributed by atoms with Gasteiger partial charge in [0.15, 0.2) is 5.65 Å². The van der Waals surface area contributed by atoms with E-state index < -0.39 is 0 Å². The molecule has 0 radical (unpaired) electrons. The van der Waals surface area contributed by atoms with Crippen molar-refractivity contribution in [3.05, 3.63) is 48.3 Å². The quantitative estimate of drug-likeness (QED) is 0.608. The average molecular weight is 380 g/mol. The number of likely N-dealkylation sites (N-methyl/N-ethyl adjacent to an activating group) is 1. The van der Waals surface area contributed by atoms with Crippen LogP contribution < -0.4 is 15.8 Å². The lowest BCUT2D eigenvalue weighted by molar-refractivity contribution is 0.288. The van der Waals surface area contributed by atoms with E-state index in [1.807, 2.05) is 41.0 Å². The van der Waals surface area contributed by atoms with E-state index >= 15 is 0 Å². The van der Waals surface area contributed by atoms with Crippen molar-refractivity contribution in [2.24, 2.45) is 5.73 Å². The van der Waals surface area contributed by atoms with Crippen molar-refractivity contribution in [3.8, 4) is 17.0 Å². The summed E-state index contributed by atoms with van der Waals surface area (Å²) in [5.74, 6) is 1.23.